The van der Waals surface area contributed by atoms with E-state index in [1.165, 1.54) is 5.57 Å². The van der Waals surface area contributed by atoms with Gasteiger partial charge in [-0.2, -0.15) is 0 Å². The predicted molar refractivity (Wildman–Crippen MR) is 68.3 cm³/mol. The first-order valence-corrected chi connectivity index (χ1v) is 7.19. The molecule has 4 aliphatic rings. The molecule has 106 valence electrons. The number of rotatable bonds is 1. The SMILES string of the molecule is CC1=C[C@]23O[C@@H]4[C@@H](O)C[C@](C)([C@@]2(C)CC1)[C@]4(CO)O3. The number of allylic oxidation sites excluding steroid dienone is 1. The van der Waals surface area contributed by atoms with Gasteiger partial charge in [-0.15, -0.1) is 0 Å². The van der Waals surface area contributed by atoms with Gasteiger partial charge in [-0.05, 0) is 32.3 Å². The summed E-state index contributed by atoms with van der Waals surface area (Å²) < 4.78 is 12.5. The molecule has 0 aromatic carbocycles. The third-order valence-corrected chi connectivity index (χ3v) is 6.67. The first-order chi connectivity index (χ1) is 8.84. The summed E-state index contributed by atoms with van der Waals surface area (Å²) in [6, 6.07) is 0. The average Bonchev–Trinajstić information content (AvgIpc) is 2.83. The zero-order chi connectivity index (χ0) is 13.7. The molecule has 2 aliphatic carbocycles. The Morgan fingerprint density at radius 2 is 2.11 bits per heavy atom. The van der Waals surface area contributed by atoms with Crippen LogP contribution in [0.1, 0.15) is 40.0 Å². The van der Waals surface area contributed by atoms with Crippen molar-refractivity contribution >= 4 is 0 Å². The standard InChI is InChI=1S/C15H22O4/c1-9-4-5-12(2)13(3)7-10(17)11-14(13,8-16)19-15(12,6-9)18-11/h6,10-11,16-17H,4-5,7-8H2,1-3H3/t10-,11+,12+,13+,14+,15+/m0/s1. The molecule has 19 heavy (non-hydrogen) atoms. The van der Waals surface area contributed by atoms with Crippen LogP contribution >= 0.6 is 0 Å². The molecule has 0 aromatic rings. The maximum atomic E-state index is 10.3. The lowest BCUT2D eigenvalue weighted by atomic mass is 9.53. The Morgan fingerprint density at radius 3 is 2.79 bits per heavy atom. The summed E-state index contributed by atoms with van der Waals surface area (Å²) in [5, 5.41) is 20.3. The smallest absolute Gasteiger partial charge is 0.195 e. The summed E-state index contributed by atoms with van der Waals surface area (Å²) in [5.41, 5.74) is 0.0953. The molecule has 3 fully saturated rings. The maximum Gasteiger partial charge on any atom is 0.195 e. The van der Waals surface area contributed by atoms with Crippen molar-refractivity contribution in [2.45, 2.75) is 63.6 Å². The minimum Gasteiger partial charge on any atom is -0.393 e. The van der Waals surface area contributed by atoms with Gasteiger partial charge in [-0.3, -0.25) is 0 Å². The van der Waals surface area contributed by atoms with Crippen LogP contribution in [0.2, 0.25) is 0 Å². The molecule has 1 spiro atoms. The molecule has 0 amide bonds. The molecule has 4 heteroatoms. The number of fused-ring (bicyclic) bond motifs is 1. The Balaban J connectivity index is 1.98. The van der Waals surface area contributed by atoms with Crippen LogP contribution in [0.3, 0.4) is 0 Å². The lowest BCUT2D eigenvalue weighted by molar-refractivity contribution is -0.204. The Kier molecular flexibility index (Phi) is 2.00. The first kappa shape index (κ1) is 12.3. The van der Waals surface area contributed by atoms with Crippen molar-refractivity contribution in [3.05, 3.63) is 11.6 Å². The Morgan fingerprint density at radius 1 is 1.37 bits per heavy atom. The van der Waals surface area contributed by atoms with Crippen molar-refractivity contribution in [3.8, 4) is 0 Å². The summed E-state index contributed by atoms with van der Waals surface area (Å²) in [4.78, 5) is 0. The van der Waals surface area contributed by atoms with E-state index in [9.17, 15) is 10.2 Å². The number of hydrogen-bond acceptors (Lipinski definition) is 4. The predicted octanol–water partition coefficient (Wildman–Crippen LogP) is 1.36. The molecule has 0 radical (unpaired) electrons. The fourth-order valence-corrected chi connectivity index (χ4v) is 5.28. The second-order valence-electron chi connectivity index (χ2n) is 7.28. The number of aliphatic hydroxyl groups excluding tert-OH is 2. The third-order valence-electron chi connectivity index (χ3n) is 6.67. The summed E-state index contributed by atoms with van der Waals surface area (Å²) in [7, 11) is 0. The third kappa shape index (κ3) is 0.963. The molecule has 0 unspecified atom stereocenters. The van der Waals surface area contributed by atoms with Crippen molar-refractivity contribution in [1.82, 2.24) is 0 Å². The molecule has 2 saturated heterocycles. The highest BCUT2D eigenvalue weighted by Gasteiger charge is 2.86. The van der Waals surface area contributed by atoms with Gasteiger partial charge in [0.15, 0.2) is 5.79 Å². The molecule has 2 N–H and O–H groups in total. The van der Waals surface area contributed by atoms with Crippen molar-refractivity contribution in [3.63, 3.8) is 0 Å². The Bertz CT molecular complexity index is 489. The largest absolute Gasteiger partial charge is 0.393 e. The summed E-state index contributed by atoms with van der Waals surface area (Å²) >= 11 is 0. The molecule has 1 saturated carbocycles. The summed E-state index contributed by atoms with van der Waals surface area (Å²) in [6.45, 7) is 6.36. The molecule has 2 aliphatic heterocycles. The zero-order valence-electron chi connectivity index (χ0n) is 11.8. The second kappa shape index (κ2) is 3.08. The highest BCUT2D eigenvalue weighted by Crippen LogP contribution is 2.77. The van der Waals surface area contributed by atoms with Gasteiger partial charge in [0.1, 0.15) is 11.7 Å². The maximum absolute atomic E-state index is 10.3. The van der Waals surface area contributed by atoms with E-state index in [4.69, 9.17) is 9.47 Å². The van der Waals surface area contributed by atoms with Gasteiger partial charge in [-0.1, -0.05) is 19.4 Å². The minimum absolute atomic E-state index is 0.0878. The van der Waals surface area contributed by atoms with Gasteiger partial charge < -0.3 is 19.7 Å². The number of ether oxygens (including phenoxy) is 2. The Labute approximate surface area is 113 Å². The van der Waals surface area contributed by atoms with E-state index in [0.29, 0.717) is 6.42 Å². The fourth-order valence-electron chi connectivity index (χ4n) is 5.28. The van der Waals surface area contributed by atoms with Crippen LogP contribution in [0.4, 0.5) is 0 Å². The molecule has 4 nitrogen and oxygen atoms in total. The van der Waals surface area contributed by atoms with Gasteiger partial charge in [-0.25, -0.2) is 0 Å². The fraction of sp³-hybridized carbons (Fsp3) is 0.867. The highest BCUT2D eigenvalue weighted by molar-refractivity contribution is 5.36. The van der Waals surface area contributed by atoms with Crippen LogP contribution < -0.4 is 0 Å². The monoisotopic (exact) mass is 266 g/mol. The van der Waals surface area contributed by atoms with Crippen LogP contribution in [-0.2, 0) is 9.47 Å². The van der Waals surface area contributed by atoms with E-state index in [1.807, 2.05) is 0 Å². The topological polar surface area (TPSA) is 58.9 Å². The van der Waals surface area contributed by atoms with Crippen molar-refractivity contribution in [2.24, 2.45) is 10.8 Å². The molecular formula is C15H22O4. The molecule has 0 aromatic heterocycles. The average molecular weight is 266 g/mol. The van der Waals surface area contributed by atoms with E-state index in [0.717, 1.165) is 12.8 Å². The van der Waals surface area contributed by atoms with Crippen molar-refractivity contribution in [1.29, 1.82) is 0 Å². The van der Waals surface area contributed by atoms with Gasteiger partial charge >= 0.3 is 0 Å². The second-order valence-corrected chi connectivity index (χ2v) is 7.28. The van der Waals surface area contributed by atoms with Gasteiger partial charge in [0.05, 0.1) is 12.7 Å². The summed E-state index contributed by atoms with van der Waals surface area (Å²) in [6.07, 6.45) is 3.79. The van der Waals surface area contributed by atoms with E-state index >= 15 is 0 Å². The first-order valence-electron chi connectivity index (χ1n) is 7.19. The normalized spacial score (nSPS) is 62.3. The minimum atomic E-state index is -0.755. The van der Waals surface area contributed by atoms with E-state index in [-0.39, 0.29) is 17.4 Å². The van der Waals surface area contributed by atoms with Crippen LogP contribution in [-0.4, -0.2) is 40.4 Å². The molecular weight excluding hydrogens is 244 g/mol. The Hall–Kier alpha value is -0.420. The lowest BCUT2D eigenvalue weighted by Crippen LogP contribution is -2.60. The van der Waals surface area contributed by atoms with Gasteiger partial charge in [0, 0.05) is 10.8 Å². The van der Waals surface area contributed by atoms with Gasteiger partial charge in [0.25, 0.3) is 0 Å². The van der Waals surface area contributed by atoms with Crippen LogP contribution in [0.15, 0.2) is 11.6 Å². The number of aliphatic hydroxyl groups is 2. The van der Waals surface area contributed by atoms with Gasteiger partial charge in [0.2, 0.25) is 0 Å². The van der Waals surface area contributed by atoms with Crippen molar-refractivity contribution < 1.29 is 19.7 Å². The lowest BCUT2D eigenvalue weighted by Gasteiger charge is -2.52. The molecule has 2 heterocycles. The van der Waals surface area contributed by atoms with E-state index < -0.39 is 23.6 Å². The van der Waals surface area contributed by atoms with Crippen LogP contribution in [0, 0.1) is 10.8 Å². The van der Waals surface area contributed by atoms with Crippen molar-refractivity contribution in [2.75, 3.05) is 6.61 Å². The quantitative estimate of drug-likeness (QED) is 0.704. The van der Waals surface area contributed by atoms with E-state index in [1.54, 1.807) is 0 Å². The zero-order valence-corrected chi connectivity index (χ0v) is 11.8. The summed E-state index contributed by atoms with van der Waals surface area (Å²) in [5.74, 6) is -0.755. The van der Waals surface area contributed by atoms with Crippen LogP contribution in [0.25, 0.3) is 0 Å². The van der Waals surface area contributed by atoms with E-state index in [2.05, 4.69) is 26.8 Å². The number of hydrogen-bond donors (Lipinski definition) is 2. The molecule has 2 bridgehead atoms. The molecule has 4 rings (SSSR count). The van der Waals surface area contributed by atoms with Crippen LogP contribution in [0.5, 0.6) is 0 Å². The highest BCUT2D eigenvalue weighted by atomic mass is 16.8. The molecule has 6 atom stereocenters.